The second kappa shape index (κ2) is 23.0. The molecule has 0 aliphatic rings. The minimum absolute atomic E-state index is 0.0429. The molecule has 5 heteroatoms. The van der Waals surface area contributed by atoms with Crippen molar-refractivity contribution >= 4 is 28.5 Å². The Labute approximate surface area is 415 Å². The van der Waals surface area contributed by atoms with Gasteiger partial charge >= 0.3 is 49.4 Å². The zero-order valence-corrected chi connectivity index (χ0v) is 45.0. The number of aromatic hydroxyl groups is 1. The van der Waals surface area contributed by atoms with Gasteiger partial charge in [-0.05, 0) is 123 Å². The Hall–Kier alpha value is -5.46. The van der Waals surface area contributed by atoms with Crippen molar-refractivity contribution in [3.8, 4) is 28.0 Å². The predicted molar refractivity (Wildman–Crippen MR) is 288 cm³/mol. The van der Waals surface area contributed by atoms with Crippen molar-refractivity contribution in [2.45, 2.75) is 101 Å². The quantitative estimate of drug-likeness (QED) is 0.0983. The number of hydrogen-bond acceptors (Lipinski definition) is 2. The van der Waals surface area contributed by atoms with Crippen molar-refractivity contribution in [3.63, 3.8) is 0 Å². The number of rotatable bonds is 7. The maximum absolute atomic E-state index is 12.3. The molecular formula is C62H70MoN2OP-. The monoisotopic (exact) mass is 987 g/mol. The summed E-state index contributed by atoms with van der Waals surface area (Å²) in [4.78, 5) is 4.11. The Morgan fingerprint density at radius 2 is 0.761 bits per heavy atom. The van der Waals surface area contributed by atoms with Crippen LogP contribution in [0.4, 0.5) is 0 Å². The van der Waals surface area contributed by atoms with Crippen LogP contribution in [0.2, 0.25) is 0 Å². The molecule has 1 aromatic heterocycles. The number of hydrogen-bond donors (Lipinski definition) is 1. The number of benzene rings is 7. The zero-order valence-electron chi connectivity index (χ0n) is 42.1. The summed E-state index contributed by atoms with van der Waals surface area (Å²) in [5.74, 6) is 0.339. The van der Waals surface area contributed by atoms with E-state index in [2.05, 4.69) is 231 Å². The molecule has 0 unspecified atom stereocenters. The van der Waals surface area contributed by atoms with E-state index in [1.807, 2.05) is 44.2 Å². The van der Waals surface area contributed by atoms with Crippen molar-refractivity contribution in [1.82, 2.24) is 4.98 Å². The molecule has 0 saturated carbocycles. The number of nitrogens with zero attached hydrogens (tertiary/aromatic N) is 2. The largest absolute Gasteiger partial charge is 0.665 e. The van der Waals surface area contributed by atoms with Gasteiger partial charge in [0.15, 0.2) is 0 Å². The predicted octanol–water partition coefficient (Wildman–Crippen LogP) is 14.8. The third kappa shape index (κ3) is 13.4. The number of aromatic nitrogens is 1. The van der Waals surface area contributed by atoms with E-state index in [9.17, 15) is 5.11 Å². The average Bonchev–Trinajstić information content (AvgIpc) is 3.67. The van der Waals surface area contributed by atoms with Crippen LogP contribution in [0.5, 0.6) is 5.75 Å². The molecule has 8 aromatic rings. The smallest absolute Gasteiger partial charge is 0.144 e. The number of phenolic OH excluding ortho intramolecular Hbond substituents is 1. The Morgan fingerprint density at radius 1 is 0.463 bits per heavy atom. The maximum Gasteiger partial charge on any atom is 0.144 e. The van der Waals surface area contributed by atoms with Gasteiger partial charge in [0.2, 0.25) is 0 Å². The van der Waals surface area contributed by atoms with Crippen LogP contribution >= 0.6 is 7.26 Å². The first kappa shape index (κ1) is 52.5. The van der Waals surface area contributed by atoms with Crippen LogP contribution in [0.15, 0.2) is 173 Å². The van der Waals surface area contributed by atoms with Gasteiger partial charge in [0.1, 0.15) is 34.2 Å². The molecular weight excluding hydrogens is 916 g/mol. The first-order chi connectivity index (χ1) is 31.7. The SMILES string of the molecule is CC(C)(C)[N]=[Mo].Cc1cc(C)c(-c2cc([P+](c3ccccc3)(c3ccccc3)c3ccccc3)cc(-c3c(C)cc(C)cc3C)c2O)c(C)c1.Cc1ccc(C)[n-]1.[CH2-]C(C)(C)c1ccccc1. The minimum atomic E-state index is -2.41. The molecule has 346 valence electrons. The molecule has 1 heterocycles. The normalized spacial score (nSPS) is 11.3. The van der Waals surface area contributed by atoms with Crippen LogP contribution < -0.4 is 26.2 Å². The zero-order chi connectivity index (χ0) is 49.1. The molecule has 0 bridgehead atoms. The molecule has 0 amide bonds. The Kier molecular flexibility index (Phi) is 18.0. The first-order valence-corrected chi connectivity index (χ1v) is 25.8. The van der Waals surface area contributed by atoms with E-state index < -0.39 is 7.26 Å². The van der Waals surface area contributed by atoms with Crippen molar-refractivity contribution in [2.75, 3.05) is 0 Å². The van der Waals surface area contributed by atoms with Gasteiger partial charge in [-0.15, -0.1) is 5.41 Å². The van der Waals surface area contributed by atoms with Crippen molar-refractivity contribution in [2.24, 2.45) is 3.50 Å². The molecule has 0 aliphatic carbocycles. The van der Waals surface area contributed by atoms with E-state index in [-0.39, 0.29) is 11.0 Å². The summed E-state index contributed by atoms with van der Waals surface area (Å²) in [6.07, 6.45) is 0. The van der Waals surface area contributed by atoms with Crippen LogP contribution in [0, 0.1) is 62.3 Å². The van der Waals surface area contributed by atoms with E-state index in [1.54, 1.807) is 19.6 Å². The maximum atomic E-state index is 12.3. The van der Waals surface area contributed by atoms with Gasteiger partial charge in [0, 0.05) is 11.1 Å². The Bertz CT molecular complexity index is 2610. The van der Waals surface area contributed by atoms with E-state index in [0.29, 0.717) is 5.75 Å². The Morgan fingerprint density at radius 3 is 1.00 bits per heavy atom. The van der Waals surface area contributed by atoms with E-state index in [0.717, 1.165) is 33.6 Å². The van der Waals surface area contributed by atoms with Gasteiger partial charge in [-0.1, -0.05) is 166 Å². The molecule has 0 fully saturated rings. The minimum Gasteiger partial charge on any atom is -0.665 e. The van der Waals surface area contributed by atoms with Crippen LogP contribution in [0.1, 0.15) is 85.0 Å². The van der Waals surface area contributed by atoms with E-state index >= 15 is 0 Å². The topological polar surface area (TPSA) is 46.7 Å². The molecule has 67 heavy (non-hydrogen) atoms. The molecule has 0 radical (unpaired) electrons. The summed E-state index contributed by atoms with van der Waals surface area (Å²) < 4.78 is 4.03. The summed E-state index contributed by atoms with van der Waals surface area (Å²) in [6, 6.07) is 60.7. The third-order valence-electron chi connectivity index (χ3n) is 11.6. The summed E-state index contributed by atoms with van der Waals surface area (Å²) in [5, 5.41) is 17.4. The summed E-state index contributed by atoms with van der Waals surface area (Å²) in [7, 11) is -2.41. The molecule has 0 spiro atoms. The second-order valence-corrected chi connectivity index (χ2v) is 23.2. The molecule has 0 aliphatic heterocycles. The van der Waals surface area contributed by atoms with Crippen LogP contribution in [-0.2, 0) is 25.0 Å². The van der Waals surface area contributed by atoms with Crippen LogP contribution in [0.3, 0.4) is 0 Å². The van der Waals surface area contributed by atoms with E-state index in [4.69, 9.17) is 0 Å². The van der Waals surface area contributed by atoms with Crippen molar-refractivity contribution < 1.29 is 24.7 Å². The Balaban J connectivity index is 0.000000296. The fraction of sp³-hybridized carbons (Fsp3) is 0.242. The first-order valence-electron chi connectivity index (χ1n) is 23.1. The molecule has 3 nitrogen and oxygen atoms in total. The van der Waals surface area contributed by atoms with Gasteiger partial charge in [-0.2, -0.15) is 11.4 Å². The third-order valence-corrected chi connectivity index (χ3v) is 17.2. The van der Waals surface area contributed by atoms with Crippen LogP contribution in [-0.4, -0.2) is 10.6 Å². The van der Waals surface area contributed by atoms with Gasteiger partial charge in [-0.25, -0.2) is 0 Å². The van der Waals surface area contributed by atoms with E-state index in [1.165, 1.54) is 60.2 Å². The summed E-state index contributed by atoms with van der Waals surface area (Å²) >= 11 is 1.77. The molecule has 8 rings (SSSR count). The fourth-order valence-electron chi connectivity index (χ4n) is 8.74. The van der Waals surface area contributed by atoms with Gasteiger partial charge in [-0.3, -0.25) is 0 Å². The van der Waals surface area contributed by atoms with Crippen LogP contribution in [0.25, 0.3) is 22.3 Å². The van der Waals surface area contributed by atoms with Crippen molar-refractivity contribution in [3.05, 3.63) is 227 Å². The molecule has 7 aromatic carbocycles. The summed E-state index contributed by atoms with van der Waals surface area (Å²) in [6.45, 7) is 31.4. The van der Waals surface area contributed by atoms with Gasteiger partial charge in [0.25, 0.3) is 0 Å². The fourth-order valence-corrected chi connectivity index (χ4v) is 13.0. The molecule has 1 N–H and O–H groups in total. The summed E-state index contributed by atoms with van der Waals surface area (Å²) in [5.41, 5.74) is 14.8. The van der Waals surface area contributed by atoms with Crippen molar-refractivity contribution in [1.29, 1.82) is 0 Å². The number of phenols is 1. The standard InChI is InChI=1S/C42H39OP.C10H13.C6H8N.C4H9N.Mo/c1-28-22-30(3)40(31(4)23-28)38-26-37(27-39(42(38)43)41-32(5)24-29(2)25-33(41)6)44(34-16-10-7-11-17-34,35-18-12-8-13-19-35)36-20-14-9-15-21-36;1-10(2,3)9-7-5-4-6-8-9;1-5-3-4-6(2)7-5;1-4(2,3)5;/h7-27H,1-6H3;4-8H,1H2,2-3H3;3-4H,1-2H3;1-3H3;/q;2*-1;;/p+1. The molecule has 0 saturated heterocycles. The van der Waals surface area contributed by atoms with Gasteiger partial charge < -0.3 is 17.0 Å². The molecule has 0 atom stereocenters. The number of aryl methyl sites for hydroxylation is 8. The second-order valence-electron chi connectivity index (χ2n) is 19.4. The van der Waals surface area contributed by atoms with Gasteiger partial charge in [0.05, 0.1) is 0 Å². The average molecular weight is 986 g/mol.